The van der Waals surface area contributed by atoms with Crippen molar-refractivity contribution < 1.29 is 17.6 Å². The highest BCUT2D eigenvalue weighted by atomic mass is 32.2. The van der Waals surface area contributed by atoms with Gasteiger partial charge in [0.25, 0.3) is 0 Å². The van der Waals surface area contributed by atoms with Gasteiger partial charge < -0.3 is 5.32 Å². The number of hydrogen-bond acceptors (Lipinski definition) is 6. The van der Waals surface area contributed by atoms with E-state index in [2.05, 4.69) is 10.3 Å². The van der Waals surface area contributed by atoms with E-state index in [0.29, 0.717) is 20.2 Å². The predicted octanol–water partition coefficient (Wildman–Crippen LogP) is 3.57. The number of benzene rings is 2. The molecule has 0 aliphatic heterocycles. The molecular weight excluding hydrogens is 383 g/mol. The average molecular weight is 396 g/mol. The van der Waals surface area contributed by atoms with Crippen LogP contribution in [0.4, 0.5) is 9.52 Å². The number of hydrogen-bond donors (Lipinski definition) is 1. The molecule has 1 amide bonds. The van der Waals surface area contributed by atoms with Crippen LogP contribution in [0.15, 0.2) is 52.3 Å². The summed E-state index contributed by atoms with van der Waals surface area (Å²) in [4.78, 5) is 16.9. The lowest BCUT2D eigenvalue weighted by Crippen LogP contribution is -2.13. The first-order valence-corrected chi connectivity index (χ1v) is 10.8. The lowest BCUT2D eigenvalue weighted by Gasteiger charge is -2.02. The predicted molar refractivity (Wildman–Crippen MR) is 98.5 cm³/mol. The molecule has 130 valence electrons. The van der Waals surface area contributed by atoms with E-state index in [1.54, 1.807) is 24.3 Å². The lowest BCUT2D eigenvalue weighted by molar-refractivity contribution is -0.113. The molecule has 0 radical (unpaired) electrons. The number of rotatable bonds is 5. The van der Waals surface area contributed by atoms with Gasteiger partial charge in [0.05, 0.1) is 20.9 Å². The average Bonchev–Trinajstić information content (AvgIpc) is 2.94. The summed E-state index contributed by atoms with van der Waals surface area (Å²) in [5.74, 6) is -0.630. The number of sulfone groups is 1. The molecule has 5 nitrogen and oxygen atoms in total. The van der Waals surface area contributed by atoms with Crippen molar-refractivity contribution >= 4 is 54.2 Å². The van der Waals surface area contributed by atoms with Crippen LogP contribution in [-0.4, -0.2) is 31.3 Å². The van der Waals surface area contributed by atoms with Crippen molar-refractivity contribution in [1.82, 2.24) is 4.98 Å². The van der Waals surface area contributed by atoms with E-state index >= 15 is 0 Å². The molecule has 0 unspecified atom stereocenters. The van der Waals surface area contributed by atoms with Crippen LogP contribution in [0.3, 0.4) is 0 Å². The maximum Gasteiger partial charge on any atom is 0.236 e. The van der Waals surface area contributed by atoms with E-state index in [1.165, 1.54) is 29.5 Å². The Kier molecular flexibility index (Phi) is 5.07. The monoisotopic (exact) mass is 396 g/mol. The molecular formula is C16H13FN2O3S3. The minimum atomic E-state index is -3.30. The Morgan fingerprint density at radius 2 is 2.04 bits per heavy atom. The maximum atomic E-state index is 13.5. The first-order valence-electron chi connectivity index (χ1n) is 7.11. The third-order valence-corrected chi connectivity index (χ3v) is 6.32. The first-order chi connectivity index (χ1) is 11.8. The summed E-state index contributed by atoms with van der Waals surface area (Å²) >= 11 is 2.29. The quantitative estimate of drug-likeness (QED) is 0.667. The molecule has 0 aliphatic rings. The molecule has 1 heterocycles. The smallest absolute Gasteiger partial charge is 0.236 e. The molecule has 0 aliphatic carbocycles. The third-order valence-electron chi connectivity index (χ3n) is 3.23. The number of amides is 1. The molecule has 0 bridgehead atoms. The number of nitrogens with one attached hydrogen (secondary N) is 1. The van der Waals surface area contributed by atoms with Crippen molar-refractivity contribution in [2.75, 3.05) is 17.3 Å². The summed E-state index contributed by atoms with van der Waals surface area (Å²) in [5, 5.41) is 3.03. The van der Waals surface area contributed by atoms with Crippen molar-refractivity contribution in [3.63, 3.8) is 0 Å². The van der Waals surface area contributed by atoms with Crippen LogP contribution in [0.5, 0.6) is 0 Å². The van der Waals surface area contributed by atoms with Crippen molar-refractivity contribution in [2.24, 2.45) is 0 Å². The van der Waals surface area contributed by atoms with Crippen LogP contribution < -0.4 is 5.32 Å². The van der Waals surface area contributed by atoms with Gasteiger partial charge in [0.15, 0.2) is 15.0 Å². The van der Waals surface area contributed by atoms with Gasteiger partial charge in [0.2, 0.25) is 5.91 Å². The molecule has 0 saturated heterocycles. The van der Waals surface area contributed by atoms with Gasteiger partial charge >= 0.3 is 0 Å². The number of anilines is 1. The zero-order valence-electron chi connectivity index (χ0n) is 13.0. The molecule has 0 spiro atoms. The fraction of sp³-hybridized carbons (Fsp3) is 0.125. The Morgan fingerprint density at radius 1 is 1.28 bits per heavy atom. The van der Waals surface area contributed by atoms with Gasteiger partial charge in [-0.15, -0.1) is 11.8 Å². The van der Waals surface area contributed by atoms with Crippen LogP contribution in [-0.2, 0) is 14.6 Å². The SMILES string of the molecule is CS(=O)(=O)c1ccc2nc(NC(=O)CSc3ccccc3F)sc2c1. The van der Waals surface area contributed by atoms with E-state index in [4.69, 9.17) is 0 Å². The Morgan fingerprint density at radius 3 is 2.76 bits per heavy atom. The molecule has 3 rings (SSSR count). The third kappa shape index (κ3) is 4.36. The standard InChI is InChI=1S/C16H13FN2O3S3/c1-25(21,22)10-6-7-12-14(8-10)24-16(18-12)19-15(20)9-23-13-5-3-2-4-11(13)17/h2-8H,9H2,1H3,(H,18,19,20). The van der Waals surface area contributed by atoms with Gasteiger partial charge in [0.1, 0.15) is 5.82 Å². The zero-order valence-corrected chi connectivity index (χ0v) is 15.5. The minimum absolute atomic E-state index is 0.0471. The second-order valence-corrected chi connectivity index (χ2v) is 9.25. The fourth-order valence-corrected chi connectivity index (χ4v) is 4.43. The van der Waals surface area contributed by atoms with Gasteiger partial charge in [-0.2, -0.15) is 0 Å². The van der Waals surface area contributed by atoms with E-state index in [-0.39, 0.29) is 22.4 Å². The Bertz CT molecular complexity index is 1050. The number of carbonyl (C=O) groups is 1. The van der Waals surface area contributed by atoms with Crippen molar-refractivity contribution in [3.8, 4) is 0 Å². The number of thiazole rings is 1. The molecule has 3 aromatic rings. The largest absolute Gasteiger partial charge is 0.301 e. The minimum Gasteiger partial charge on any atom is -0.301 e. The van der Waals surface area contributed by atoms with Gasteiger partial charge in [0, 0.05) is 11.2 Å². The normalized spacial score (nSPS) is 11.6. The van der Waals surface area contributed by atoms with Crippen LogP contribution in [0, 0.1) is 5.82 Å². The number of halogens is 1. The summed E-state index contributed by atoms with van der Waals surface area (Å²) in [6.45, 7) is 0. The Labute approximate surface area is 152 Å². The van der Waals surface area contributed by atoms with Gasteiger partial charge in [-0.05, 0) is 30.3 Å². The van der Waals surface area contributed by atoms with Crippen LogP contribution in [0.1, 0.15) is 0 Å². The van der Waals surface area contributed by atoms with Crippen molar-refractivity contribution in [1.29, 1.82) is 0 Å². The number of fused-ring (bicyclic) bond motifs is 1. The van der Waals surface area contributed by atoms with Gasteiger partial charge in [-0.1, -0.05) is 23.5 Å². The van der Waals surface area contributed by atoms with E-state index < -0.39 is 9.84 Å². The van der Waals surface area contributed by atoms with E-state index in [9.17, 15) is 17.6 Å². The van der Waals surface area contributed by atoms with Crippen molar-refractivity contribution in [2.45, 2.75) is 9.79 Å². The molecule has 0 fully saturated rings. The molecule has 2 aromatic carbocycles. The number of nitrogens with zero attached hydrogens (tertiary/aromatic N) is 1. The highest BCUT2D eigenvalue weighted by Crippen LogP contribution is 2.28. The highest BCUT2D eigenvalue weighted by molar-refractivity contribution is 8.00. The van der Waals surface area contributed by atoms with Gasteiger partial charge in [-0.25, -0.2) is 17.8 Å². The molecule has 1 aromatic heterocycles. The molecule has 25 heavy (non-hydrogen) atoms. The summed E-state index contributed by atoms with van der Waals surface area (Å²) in [7, 11) is -3.30. The summed E-state index contributed by atoms with van der Waals surface area (Å²) < 4.78 is 37.4. The second kappa shape index (κ2) is 7.11. The van der Waals surface area contributed by atoms with Crippen LogP contribution in [0.2, 0.25) is 0 Å². The number of thioether (sulfide) groups is 1. The van der Waals surface area contributed by atoms with E-state index in [1.807, 2.05) is 0 Å². The van der Waals surface area contributed by atoms with Crippen LogP contribution >= 0.6 is 23.1 Å². The van der Waals surface area contributed by atoms with Gasteiger partial charge in [-0.3, -0.25) is 4.79 Å². The fourth-order valence-electron chi connectivity index (χ4n) is 2.05. The summed E-state index contributed by atoms with van der Waals surface area (Å²) in [6, 6.07) is 10.9. The van der Waals surface area contributed by atoms with Crippen LogP contribution in [0.25, 0.3) is 10.2 Å². The Hall–Kier alpha value is -1.97. The van der Waals surface area contributed by atoms with E-state index in [0.717, 1.165) is 18.0 Å². The second-order valence-electron chi connectivity index (χ2n) is 5.19. The zero-order chi connectivity index (χ0) is 18.0. The van der Waals surface area contributed by atoms with Crippen molar-refractivity contribution in [3.05, 3.63) is 48.3 Å². The molecule has 0 atom stereocenters. The highest BCUT2D eigenvalue weighted by Gasteiger charge is 2.13. The molecule has 0 saturated carbocycles. The number of carbonyl (C=O) groups excluding carboxylic acids is 1. The summed E-state index contributed by atoms with van der Waals surface area (Å²) in [5.41, 5.74) is 0.606. The summed E-state index contributed by atoms with van der Waals surface area (Å²) in [6.07, 6.45) is 1.14. The Balaban J connectivity index is 1.70. The maximum absolute atomic E-state index is 13.5. The topological polar surface area (TPSA) is 76.1 Å². The lowest BCUT2D eigenvalue weighted by atomic mass is 10.3. The number of aromatic nitrogens is 1. The molecule has 1 N–H and O–H groups in total. The molecule has 9 heteroatoms. The first kappa shape index (κ1) is 17.8.